The van der Waals surface area contributed by atoms with E-state index in [4.69, 9.17) is 0 Å². The number of pyridine rings is 1. The maximum absolute atomic E-state index is 12.5. The van der Waals surface area contributed by atoms with Gasteiger partial charge in [-0.2, -0.15) is 0 Å². The molecule has 2 saturated heterocycles. The topological polar surface area (TPSA) is 54.3 Å². The molecule has 0 N–H and O–H groups in total. The van der Waals surface area contributed by atoms with Crippen LogP contribution in [0.3, 0.4) is 0 Å². The summed E-state index contributed by atoms with van der Waals surface area (Å²) in [6, 6.07) is 4.73. The van der Waals surface area contributed by atoms with Gasteiger partial charge in [0.05, 0.1) is 6.54 Å². The number of imidazole rings is 1. The van der Waals surface area contributed by atoms with Crippen molar-refractivity contribution in [1.29, 1.82) is 0 Å². The summed E-state index contributed by atoms with van der Waals surface area (Å²) in [7, 11) is 2.04. The Morgan fingerprint density at radius 2 is 2.12 bits per heavy atom. The van der Waals surface area contributed by atoms with E-state index in [1.807, 2.05) is 37.8 Å². The van der Waals surface area contributed by atoms with E-state index in [9.17, 15) is 4.79 Å². The third-order valence-corrected chi connectivity index (χ3v) is 5.34. The summed E-state index contributed by atoms with van der Waals surface area (Å²) in [6.45, 7) is 2.56. The smallest absolute Gasteiger partial charge is 0.223 e. The lowest BCUT2D eigenvalue weighted by Gasteiger charge is -2.39. The number of nitrogens with zero attached hydrogens (tertiary/aromatic N) is 5. The predicted molar refractivity (Wildman–Crippen MR) is 89.8 cm³/mol. The first-order valence-electron chi connectivity index (χ1n) is 8.61. The fourth-order valence-electron chi connectivity index (χ4n) is 4.06. The van der Waals surface area contributed by atoms with Crippen LogP contribution in [0, 0.1) is 0 Å². The molecule has 2 aromatic rings. The highest BCUT2D eigenvalue weighted by molar-refractivity contribution is 5.77. The van der Waals surface area contributed by atoms with E-state index in [0.29, 0.717) is 25.0 Å². The van der Waals surface area contributed by atoms with Crippen molar-refractivity contribution in [2.45, 2.75) is 44.4 Å². The van der Waals surface area contributed by atoms with E-state index in [2.05, 4.69) is 24.3 Å². The Labute approximate surface area is 142 Å². The third kappa shape index (κ3) is 2.82. The van der Waals surface area contributed by atoms with E-state index in [1.54, 1.807) is 6.20 Å². The molecule has 2 fully saturated rings. The second-order valence-corrected chi connectivity index (χ2v) is 6.77. The molecular weight excluding hydrogens is 302 g/mol. The summed E-state index contributed by atoms with van der Waals surface area (Å²) in [5, 5.41) is 0. The molecular formula is C18H23N5O. The zero-order valence-electron chi connectivity index (χ0n) is 14.0. The number of aromatic nitrogens is 3. The van der Waals surface area contributed by atoms with Crippen LogP contribution in [0.4, 0.5) is 0 Å². The van der Waals surface area contributed by atoms with Gasteiger partial charge in [0, 0.05) is 63.4 Å². The van der Waals surface area contributed by atoms with Crippen molar-refractivity contribution in [3.63, 3.8) is 0 Å². The minimum Gasteiger partial charge on any atom is -0.337 e. The number of hydrogen-bond donors (Lipinski definition) is 0. The number of likely N-dealkylation sites (tertiary alicyclic amines) is 2. The Morgan fingerprint density at radius 1 is 1.21 bits per heavy atom. The lowest BCUT2D eigenvalue weighted by molar-refractivity contribution is -0.138. The number of carbonyl (C=O) groups is 1. The van der Waals surface area contributed by atoms with Gasteiger partial charge in [0.2, 0.25) is 5.91 Å². The number of hydrogen-bond acceptors (Lipinski definition) is 4. The molecule has 6 nitrogen and oxygen atoms in total. The average molecular weight is 325 g/mol. The summed E-state index contributed by atoms with van der Waals surface area (Å²) < 4.78 is 2.08. The number of rotatable bonds is 4. The number of amides is 1. The van der Waals surface area contributed by atoms with Crippen LogP contribution in [0.25, 0.3) is 0 Å². The molecule has 126 valence electrons. The van der Waals surface area contributed by atoms with E-state index in [0.717, 1.165) is 37.3 Å². The lowest BCUT2D eigenvalue weighted by atomic mass is 9.95. The van der Waals surface area contributed by atoms with Crippen LogP contribution in [-0.4, -0.2) is 48.9 Å². The van der Waals surface area contributed by atoms with Gasteiger partial charge in [0.15, 0.2) is 0 Å². The molecule has 2 aliphatic heterocycles. The first-order chi connectivity index (χ1) is 11.7. The van der Waals surface area contributed by atoms with Crippen LogP contribution in [0.1, 0.15) is 30.7 Å². The Hall–Kier alpha value is -2.21. The third-order valence-electron chi connectivity index (χ3n) is 5.34. The normalized spacial score (nSPS) is 24.4. The Balaban J connectivity index is 1.50. The van der Waals surface area contributed by atoms with Crippen LogP contribution in [-0.2, 0) is 24.9 Å². The van der Waals surface area contributed by atoms with Crippen molar-refractivity contribution in [2.24, 2.45) is 7.05 Å². The molecule has 0 spiro atoms. The van der Waals surface area contributed by atoms with Crippen molar-refractivity contribution in [1.82, 2.24) is 24.3 Å². The van der Waals surface area contributed by atoms with Gasteiger partial charge in [-0.3, -0.25) is 14.7 Å². The van der Waals surface area contributed by atoms with E-state index in [1.165, 1.54) is 0 Å². The van der Waals surface area contributed by atoms with Gasteiger partial charge >= 0.3 is 0 Å². The number of piperidine rings is 1. The molecule has 2 aromatic heterocycles. The fourth-order valence-corrected chi connectivity index (χ4v) is 4.06. The van der Waals surface area contributed by atoms with Gasteiger partial charge in [0.25, 0.3) is 0 Å². The van der Waals surface area contributed by atoms with Gasteiger partial charge in [-0.15, -0.1) is 0 Å². The summed E-state index contributed by atoms with van der Waals surface area (Å²) >= 11 is 0. The minimum absolute atomic E-state index is 0.277. The molecule has 0 bridgehead atoms. The molecule has 0 aliphatic carbocycles. The second kappa shape index (κ2) is 6.36. The monoisotopic (exact) mass is 325 g/mol. The Morgan fingerprint density at radius 3 is 2.88 bits per heavy atom. The maximum Gasteiger partial charge on any atom is 0.223 e. The largest absolute Gasteiger partial charge is 0.337 e. The van der Waals surface area contributed by atoms with E-state index < -0.39 is 0 Å². The molecule has 2 aliphatic rings. The van der Waals surface area contributed by atoms with Crippen molar-refractivity contribution in [3.05, 3.63) is 48.3 Å². The molecule has 0 unspecified atom stereocenters. The van der Waals surface area contributed by atoms with Crippen molar-refractivity contribution >= 4 is 5.91 Å². The zero-order chi connectivity index (χ0) is 16.5. The molecule has 0 aromatic carbocycles. The summed E-state index contributed by atoms with van der Waals surface area (Å²) in [5.41, 5.74) is 1.11. The summed E-state index contributed by atoms with van der Waals surface area (Å²) in [6.07, 6.45) is 10.1. The quantitative estimate of drug-likeness (QED) is 0.856. The van der Waals surface area contributed by atoms with Gasteiger partial charge in [-0.1, -0.05) is 6.07 Å². The maximum atomic E-state index is 12.5. The number of aryl methyl sites for hydroxylation is 1. The predicted octanol–water partition coefficient (Wildman–Crippen LogP) is 1.58. The highest BCUT2D eigenvalue weighted by atomic mass is 16.2. The van der Waals surface area contributed by atoms with E-state index in [-0.39, 0.29) is 5.91 Å². The molecule has 0 radical (unpaired) electrons. The molecule has 1 amide bonds. The highest BCUT2D eigenvalue weighted by Crippen LogP contribution is 2.33. The standard InChI is InChI=1S/C18H23N5O/c1-21-10-8-20-17(21)13-22-9-6-16-15(22)4-5-18(24)23(16)12-14-3-2-7-19-11-14/h2-3,7-8,10-11,15-16H,4-6,9,12-13H2,1H3/t15-,16-/m1/s1. The van der Waals surface area contributed by atoms with Crippen LogP contribution in [0.15, 0.2) is 36.9 Å². The van der Waals surface area contributed by atoms with Crippen LogP contribution >= 0.6 is 0 Å². The number of fused-ring (bicyclic) bond motifs is 1. The molecule has 6 heteroatoms. The van der Waals surface area contributed by atoms with Gasteiger partial charge in [-0.05, 0) is 24.5 Å². The van der Waals surface area contributed by atoms with Crippen molar-refractivity contribution < 1.29 is 4.79 Å². The molecule has 4 rings (SSSR count). The van der Waals surface area contributed by atoms with Crippen molar-refractivity contribution in [2.75, 3.05) is 6.54 Å². The highest BCUT2D eigenvalue weighted by Gasteiger charge is 2.43. The summed E-state index contributed by atoms with van der Waals surface area (Å²) in [4.78, 5) is 25.7. The number of carbonyl (C=O) groups excluding carboxylic acids is 1. The molecule has 0 saturated carbocycles. The van der Waals surface area contributed by atoms with Crippen LogP contribution < -0.4 is 0 Å². The molecule has 4 heterocycles. The average Bonchev–Trinajstić information content (AvgIpc) is 3.19. The molecule has 2 atom stereocenters. The van der Waals surface area contributed by atoms with Crippen LogP contribution in [0.2, 0.25) is 0 Å². The Bertz CT molecular complexity index is 713. The lowest BCUT2D eigenvalue weighted by Crippen LogP contribution is -2.51. The molecule has 24 heavy (non-hydrogen) atoms. The van der Waals surface area contributed by atoms with Crippen LogP contribution in [0.5, 0.6) is 0 Å². The van der Waals surface area contributed by atoms with Gasteiger partial charge in [-0.25, -0.2) is 4.98 Å². The fraction of sp³-hybridized carbons (Fsp3) is 0.500. The minimum atomic E-state index is 0.277. The Kier molecular flexibility index (Phi) is 4.06. The second-order valence-electron chi connectivity index (χ2n) is 6.77. The summed E-state index contributed by atoms with van der Waals surface area (Å²) in [5.74, 6) is 1.37. The zero-order valence-corrected chi connectivity index (χ0v) is 14.0. The van der Waals surface area contributed by atoms with Crippen molar-refractivity contribution in [3.8, 4) is 0 Å². The van der Waals surface area contributed by atoms with E-state index >= 15 is 0 Å². The SMILES string of the molecule is Cn1ccnc1CN1CC[C@@H]2[C@H]1CCC(=O)N2Cc1cccnc1. The van der Waals surface area contributed by atoms with Gasteiger partial charge in [0.1, 0.15) is 5.82 Å². The first-order valence-corrected chi connectivity index (χ1v) is 8.61. The first kappa shape index (κ1) is 15.3. The van der Waals surface area contributed by atoms with Gasteiger partial charge < -0.3 is 9.47 Å².